The van der Waals surface area contributed by atoms with Crippen LogP contribution in [0, 0.1) is 11.3 Å². The SMILES string of the molecule is N#Cc1ccccc1CO/N=C\c1ccc(-c2ccccc2)cc1. The van der Waals surface area contributed by atoms with Crippen molar-refractivity contribution in [3.63, 3.8) is 0 Å². The molecule has 0 bridgehead atoms. The molecule has 0 saturated carbocycles. The Labute approximate surface area is 141 Å². The molecule has 0 fully saturated rings. The van der Waals surface area contributed by atoms with Crippen LogP contribution in [0.1, 0.15) is 16.7 Å². The second-order valence-electron chi connectivity index (χ2n) is 5.26. The van der Waals surface area contributed by atoms with E-state index in [1.54, 1.807) is 12.3 Å². The maximum atomic E-state index is 9.03. The van der Waals surface area contributed by atoms with Gasteiger partial charge in [-0.2, -0.15) is 5.26 Å². The van der Waals surface area contributed by atoms with Gasteiger partial charge in [-0.15, -0.1) is 0 Å². The summed E-state index contributed by atoms with van der Waals surface area (Å²) >= 11 is 0. The molecule has 3 heteroatoms. The zero-order valence-electron chi connectivity index (χ0n) is 13.1. The summed E-state index contributed by atoms with van der Waals surface area (Å²) in [5.74, 6) is 0. The molecule has 0 atom stereocenters. The van der Waals surface area contributed by atoms with Gasteiger partial charge in [-0.1, -0.05) is 78.0 Å². The van der Waals surface area contributed by atoms with Crippen LogP contribution in [-0.2, 0) is 11.4 Å². The smallest absolute Gasteiger partial charge is 0.143 e. The standard InChI is InChI=1S/C21H16N2O/c22-14-20-8-4-5-9-21(20)16-24-23-15-17-10-12-19(13-11-17)18-6-2-1-3-7-18/h1-13,15H,16H2/b23-15-. The first-order valence-electron chi connectivity index (χ1n) is 7.65. The Hall–Kier alpha value is -3.38. The normalized spacial score (nSPS) is 10.5. The van der Waals surface area contributed by atoms with Gasteiger partial charge in [-0.3, -0.25) is 0 Å². The fourth-order valence-electron chi connectivity index (χ4n) is 2.35. The molecular weight excluding hydrogens is 296 g/mol. The molecule has 0 saturated heterocycles. The van der Waals surface area contributed by atoms with Gasteiger partial charge in [-0.25, -0.2) is 0 Å². The maximum Gasteiger partial charge on any atom is 0.143 e. The lowest BCUT2D eigenvalue weighted by Crippen LogP contribution is -1.92. The van der Waals surface area contributed by atoms with E-state index in [0.717, 1.165) is 16.7 Å². The number of rotatable bonds is 5. The number of nitrogens with zero attached hydrogens (tertiary/aromatic N) is 2. The first kappa shape index (κ1) is 15.5. The number of hydrogen-bond donors (Lipinski definition) is 0. The largest absolute Gasteiger partial charge is 0.391 e. The maximum absolute atomic E-state index is 9.03. The van der Waals surface area contributed by atoms with Gasteiger partial charge in [0.2, 0.25) is 0 Å². The summed E-state index contributed by atoms with van der Waals surface area (Å²) in [7, 11) is 0. The lowest BCUT2D eigenvalue weighted by molar-refractivity contribution is 0.132. The third kappa shape index (κ3) is 3.88. The van der Waals surface area contributed by atoms with Crippen LogP contribution in [0.15, 0.2) is 84.0 Å². The minimum atomic E-state index is 0.280. The second kappa shape index (κ2) is 7.75. The molecule has 0 aliphatic carbocycles. The lowest BCUT2D eigenvalue weighted by atomic mass is 10.0. The molecule has 3 nitrogen and oxygen atoms in total. The molecule has 0 spiro atoms. The summed E-state index contributed by atoms with van der Waals surface area (Å²) < 4.78 is 0. The van der Waals surface area contributed by atoms with E-state index >= 15 is 0 Å². The average Bonchev–Trinajstić information content (AvgIpc) is 2.67. The van der Waals surface area contributed by atoms with E-state index in [4.69, 9.17) is 10.1 Å². The van der Waals surface area contributed by atoms with Gasteiger partial charge in [0.05, 0.1) is 17.8 Å². The van der Waals surface area contributed by atoms with Gasteiger partial charge in [0.15, 0.2) is 0 Å². The van der Waals surface area contributed by atoms with Gasteiger partial charge in [0.25, 0.3) is 0 Å². The van der Waals surface area contributed by atoms with Crippen molar-refractivity contribution in [2.24, 2.45) is 5.16 Å². The van der Waals surface area contributed by atoms with Gasteiger partial charge >= 0.3 is 0 Å². The van der Waals surface area contributed by atoms with E-state index in [2.05, 4.69) is 35.5 Å². The summed E-state index contributed by atoms with van der Waals surface area (Å²) in [6.45, 7) is 0.280. The summed E-state index contributed by atoms with van der Waals surface area (Å²) in [5, 5.41) is 13.0. The van der Waals surface area contributed by atoms with Gasteiger partial charge in [0, 0.05) is 5.56 Å². The Bertz CT molecular complexity index is 862. The summed E-state index contributed by atoms with van der Waals surface area (Å²) in [6.07, 6.45) is 1.67. The Morgan fingerprint density at radius 1 is 0.833 bits per heavy atom. The van der Waals surface area contributed by atoms with Crippen LogP contribution in [0.4, 0.5) is 0 Å². The quantitative estimate of drug-likeness (QED) is 0.503. The number of benzene rings is 3. The third-order valence-electron chi connectivity index (χ3n) is 3.65. The number of oxime groups is 1. The lowest BCUT2D eigenvalue weighted by Gasteiger charge is -2.03. The topological polar surface area (TPSA) is 45.4 Å². The van der Waals surface area contributed by atoms with Crippen LogP contribution < -0.4 is 0 Å². The molecule has 0 aliphatic heterocycles. The molecule has 0 amide bonds. The van der Waals surface area contributed by atoms with Gasteiger partial charge in [-0.05, 0) is 22.8 Å². The van der Waals surface area contributed by atoms with Crippen molar-refractivity contribution in [2.45, 2.75) is 6.61 Å². The van der Waals surface area contributed by atoms with Crippen LogP contribution in [0.5, 0.6) is 0 Å². The van der Waals surface area contributed by atoms with Crippen molar-refractivity contribution >= 4 is 6.21 Å². The Kier molecular flexibility index (Phi) is 5.01. The van der Waals surface area contributed by atoms with Gasteiger partial charge < -0.3 is 4.84 Å². The van der Waals surface area contributed by atoms with E-state index in [0.29, 0.717) is 5.56 Å². The Morgan fingerprint density at radius 3 is 2.25 bits per heavy atom. The predicted octanol–water partition coefficient (Wildman–Crippen LogP) is 4.78. The monoisotopic (exact) mass is 312 g/mol. The number of nitriles is 1. The highest BCUT2D eigenvalue weighted by Gasteiger charge is 2.00. The minimum Gasteiger partial charge on any atom is -0.391 e. The fraction of sp³-hybridized carbons (Fsp3) is 0.0476. The number of hydrogen-bond acceptors (Lipinski definition) is 3. The third-order valence-corrected chi connectivity index (χ3v) is 3.65. The molecular formula is C21H16N2O. The molecule has 0 aliphatic rings. The molecule has 24 heavy (non-hydrogen) atoms. The zero-order valence-corrected chi connectivity index (χ0v) is 13.1. The Balaban J connectivity index is 1.60. The van der Waals surface area contributed by atoms with E-state index in [1.807, 2.05) is 48.5 Å². The highest BCUT2D eigenvalue weighted by Crippen LogP contribution is 2.18. The molecule has 3 aromatic carbocycles. The molecule has 3 aromatic rings. The summed E-state index contributed by atoms with van der Waals surface area (Å²) in [4.78, 5) is 5.30. The van der Waals surface area contributed by atoms with Crippen molar-refractivity contribution < 1.29 is 4.84 Å². The van der Waals surface area contributed by atoms with E-state index < -0.39 is 0 Å². The fourth-order valence-corrected chi connectivity index (χ4v) is 2.35. The van der Waals surface area contributed by atoms with E-state index in [9.17, 15) is 0 Å². The van der Waals surface area contributed by atoms with Crippen LogP contribution in [0.2, 0.25) is 0 Å². The molecule has 3 rings (SSSR count). The highest BCUT2D eigenvalue weighted by molar-refractivity contribution is 5.80. The van der Waals surface area contributed by atoms with Crippen LogP contribution >= 0.6 is 0 Å². The molecule has 0 unspecified atom stereocenters. The zero-order chi connectivity index (χ0) is 16.6. The summed E-state index contributed by atoms with van der Waals surface area (Å²) in [6, 6.07) is 27.8. The molecule has 116 valence electrons. The van der Waals surface area contributed by atoms with Crippen LogP contribution in [0.25, 0.3) is 11.1 Å². The van der Waals surface area contributed by atoms with Crippen LogP contribution in [-0.4, -0.2) is 6.21 Å². The molecule has 0 N–H and O–H groups in total. The second-order valence-corrected chi connectivity index (χ2v) is 5.26. The summed E-state index contributed by atoms with van der Waals surface area (Å²) in [5.41, 5.74) is 4.75. The van der Waals surface area contributed by atoms with Crippen molar-refractivity contribution in [3.8, 4) is 17.2 Å². The van der Waals surface area contributed by atoms with Crippen LogP contribution in [0.3, 0.4) is 0 Å². The first-order valence-corrected chi connectivity index (χ1v) is 7.65. The van der Waals surface area contributed by atoms with E-state index in [1.165, 1.54) is 5.56 Å². The van der Waals surface area contributed by atoms with Crippen molar-refractivity contribution in [1.29, 1.82) is 5.26 Å². The van der Waals surface area contributed by atoms with Crippen molar-refractivity contribution in [2.75, 3.05) is 0 Å². The van der Waals surface area contributed by atoms with Gasteiger partial charge in [0.1, 0.15) is 6.61 Å². The van der Waals surface area contributed by atoms with E-state index in [-0.39, 0.29) is 6.61 Å². The first-order chi connectivity index (χ1) is 11.9. The molecule has 0 radical (unpaired) electrons. The molecule has 0 heterocycles. The predicted molar refractivity (Wildman–Crippen MR) is 95.4 cm³/mol. The van der Waals surface area contributed by atoms with Crippen molar-refractivity contribution in [1.82, 2.24) is 0 Å². The Morgan fingerprint density at radius 2 is 1.50 bits per heavy atom. The highest BCUT2D eigenvalue weighted by atomic mass is 16.6. The van der Waals surface area contributed by atoms with Crippen molar-refractivity contribution in [3.05, 3.63) is 95.6 Å². The minimum absolute atomic E-state index is 0.280. The molecule has 0 aromatic heterocycles. The average molecular weight is 312 g/mol.